The molecule has 1 aliphatic carbocycles. The highest BCUT2D eigenvalue weighted by Crippen LogP contribution is 2.45. The van der Waals surface area contributed by atoms with Crippen LogP contribution in [0.15, 0.2) is 48.8 Å². The van der Waals surface area contributed by atoms with Crippen LogP contribution in [0.1, 0.15) is 29.8 Å². The van der Waals surface area contributed by atoms with Gasteiger partial charge in [-0.1, -0.05) is 17.7 Å². The van der Waals surface area contributed by atoms with Crippen molar-refractivity contribution >= 4 is 22.9 Å². The molecule has 6 nitrogen and oxygen atoms in total. The van der Waals surface area contributed by atoms with Gasteiger partial charge in [-0.2, -0.15) is 5.10 Å². The Balaban J connectivity index is 1.33. The van der Waals surface area contributed by atoms with E-state index in [0.717, 1.165) is 72.8 Å². The lowest BCUT2D eigenvalue weighted by molar-refractivity contribution is 0.231. The summed E-state index contributed by atoms with van der Waals surface area (Å²) in [4.78, 5) is 12.1. The smallest absolute Gasteiger partial charge is 0.155 e. The van der Waals surface area contributed by atoms with E-state index in [1.54, 1.807) is 7.11 Å². The number of hydrogen-bond acceptors (Lipinski definition) is 5. The molecule has 168 valence electrons. The van der Waals surface area contributed by atoms with Gasteiger partial charge in [-0.05, 0) is 73.9 Å². The first-order valence-electron chi connectivity index (χ1n) is 11.4. The van der Waals surface area contributed by atoms with Crippen LogP contribution in [0.2, 0.25) is 5.02 Å². The summed E-state index contributed by atoms with van der Waals surface area (Å²) in [5, 5.41) is 5.30. The molecule has 0 unspecified atom stereocenters. The SMILES string of the molecule is COc1ccc(Cl)c(-c2c(C)nc(N3CCC4(CC3)Cc3cccnc3C4)c3ccnn23)c1. The van der Waals surface area contributed by atoms with E-state index in [2.05, 4.69) is 27.1 Å². The van der Waals surface area contributed by atoms with Gasteiger partial charge in [0, 0.05) is 30.5 Å². The molecule has 0 saturated carbocycles. The maximum absolute atomic E-state index is 6.58. The molecule has 3 aromatic heterocycles. The summed E-state index contributed by atoms with van der Waals surface area (Å²) >= 11 is 6.58. The fourth-order valence-electron chi connectivity index (χ4n) is 5.59. The van der Waals surface area contributed by atoms with Crippen molar-refractivity contribution in [3.63, 3.8) is 0 Å². The first kappa shape index (κ1) is 20.5. The maximum atomic E-state index is 6.58. The molecule has 0 amide bonds. The number of pyridine rings is 1. The van der Waals surface area contributed by atoms with Crippen molar-refractivity contribution in [1.82, 2.24) is 19.6 Å². The van der Waals surface area contributed by atoms with E-state index < -0.39 is 0 Å². The summed E-state index contributed by atoms with van der Waals surface area (Å²) in [6.45, 7) is 4.00. The fraction of sp³-hybridized carbons (Fsp3) is 0.346. The van der Waals surface area contributed by atoms with Crippen LogP contribution in [0.25, 0.3) is 16.8 Å². The number of fused-ring (bicyclic) bond motifs is 2. The summed E-state index contributed by atoms with van der Waals surface area (Å²) in [6, 6.07) is 12.0. The van der Waals surface area contributed by atoms with E-state index in [9.17, 15) is 0 Å². The van der Waals surface area contributed by atoms with Gasteiger partial charge in [0.05, 0.1) is 29.7 Å². The molecule has 2 aliphatic rings. The molecule has 0 N–H and O–H groups in total. The maximum Gasteiger partial charge on any atom is 0.155 e. The van der Waals surface area contributed by atoms with E-state index in [-0.39, 0.29) is 0 Å². The molecule has 7 heteroatoms. The third kappa shape index (κ3) is 3.35. The number of methoxy groups -OCH3 is 1. The predicted octanol–water partition coefficient (Wildman–Crippen LogP) is 5.15. The Morgan fingerprint density at radius 2 is 1.91 bits per heavy atom. The number of hydrogen-bond donors (Lipinski definition) is 0. The van der Waals surface area contributed by atoms with E-state index in [4.69, 9.17) is 21.3 Å². The van der Waals surface area contributed by atoms with Gasteiger partial charge in [-0.15, -0.1) is 0 Å². The van der Waals surface area contributed by atoms with Gasteiger partial charge in [0.1, 0.15) is 11.3 Å². The Bertz CT molecular complexity index is 1330. The fourth-order valence-corrected chi connectivity index (χ4v) is 5.79. The molecule has 4 aromatic rings. The molecular weight excluding hydrogens is 434 g/mol. The van der Waals surface area contributed by atoms with E-state index in [1.807, 2.05) is 48.1 Å². The van der Waals surface area contributed by atoms with Crippen LogP contribution in [0, 0.1) is 12.3 Å². The molecule has 4 heterocycles. The number of halogens is 1. The summed E-state index contributed by atoms with van der Waals surface area (Å²) in [6.07, 6.45) is 8.29. The van der Waals surface area contributed by atoms with Crippen LogP contribution in [0.5, 0.6) is 5.75 Å². The van der Waals surface area contributed by atoms with Crippen molar-refractivity contribution in [3.8, 4) is 17.0 Å². The zero-order chi connectivity index (χ0) is 22.6. The average Bonchev–Trinajstić information content (AvgIpc) is 3.44. The molecule has 1 spiro atoms. The Hall–Kier alpha value is -3.12. The van der Waals surface area contributed by atoms with Crippen LogP contribution >= 0.6 is 11.6 Å². The summed E-state index contributed by atoms with van der Waals surface area (Å²) in [7, 11) is 1.66. The van der Waals surface area contributed by atoms with Gasteiger partial charge in [0.15, 0.2) is 5.82 Å². The average molecular weight is 460 g/mol. The first-order chi connectivity index (χ1) is 16.1. The number of aromatic nitrogens is 4. The Labute approximate surface area is 198 Å². The minimum atomic E-state index is 0.340. The highest BCUT2D eigenvalue weighted by molar-refractivity contribution is 6.33. The minimum absolute atomic E-state index is 0.340. The third-order valence-electron chi connectivity index (χ3n) is 7.34. The van der Waals surface area contributed by atoms with Crippen molar-refractivity contribution < 1.29 is 4.74 Å². The minimum Gasteiger partial charge on any atom is -0.497 e. The van der Waals surface area contributed by atoms with Crippen molar-refractivity contribution in [2.24, 2.45) is 5.41 Å². The number of anilines is 1. The predicted molar refractivity (Wildman–Crippen MR) is 130 cm³/mol. The molecule has 33 heavy (non-hydrogen) atoms. The largest absolute Gasteiger partial charge is 0.497 e. The van der Waals surface area contributed by atoms with Crippen LogP contribution < -0.4 is 9.64 Å². The first-order valence-corrected chi connectivity index (χ1v) is 11.8. The van der Waals surface area contributed by atoms with Gasteiger partial charge < -0.3 is 9.64 Å². The lowest BCUT2D eigenvalue weighted by atomic mass is 9.76. The number of benzene rings is 1. The molecule has 1 aliphatic heterocycles. The van der Waals surface area contributed by atoms with Crippen LogP contribution in [0.3, 0.4) is 0 Å². The van der Waals surface area contributed by atoms with Crippen LogP contribution in [-0.4, -0.2) is 39.8 Å². The van der Waals surface area contributed by atoms with Gasteiger partial charge in [0.2, 0.25) is 0 Å². The quantitative estimate of drug-likeness (QED) is 0.424. The standard InChI is InChI=1S/C26H26ClN5O/c1-17-24(20-14-19(33-2)5-6-21(20)27)32-23(7-11-29-32)25(30-17)31-12-8-26(9-13-31)15-18-4-3-10-28-22(18)16-26/h3-7,10-11,14H,8-9,12-13,15-16H2,1-2H3. The zero-order valence-electron chi connectivity index (χ0n) is 18.9. The number of rotatable bonds is 3. The molecule has 0 bridgehead atoms. The normalized spacial score (nSPS) is 17.0. The molecule has 6 rings (SSSR count). The molecule has 0 atom stereocenters. The van der Waals surface area contributed by atoms with E-state index >= 15 is 0 Å². The van der Waals surface area contributed by atoms with Crippen molar-refractivity contribution in [2.75, 3.05) is 25.1 Å². The third-order valence-corrected chi connectivity index (χ3v) is 7.67. The summed E-state index contributed by atoms with van der Waals surface area (Å²) < 4.78 is 7.40. The molecular formula is C26H26ClN5O. The molecule has 0 radical (unpaired) electrons. The lowest BCUT2D eigenvalue weighted by Gasteiger charge is -2.40. The highest BCUT2D eigenvalue weighted by Gasteiger charge is 2.41. The molecule has 1 aromatic carbocycles. The number of piperidine rings is 1. The number of aryl methyl sites for hydroxylation is 1. The molecule has 1 saturated heterocycles. The van der Waals surface area contributed by atoms with Crippen LogP contribution in [-0.2, 0) is 12.8 Å². The van der Waals surface area contributed by atoms with Gasteiger partial charge in [-0.25, -0.2) is 9.50 Å². The number of ether oxygens (including phenoxy) is 1. The van der Waals surface area contributed by atoms with Crippen molar-refractivity contribution in [3.05, 3.63) is 70.8 Å². The van der Waals surface area contributed by atoms with Gasteiger partial charge in [0.25, 0.3) is 0 Å². The molecule has 1 fully saturated rings. The van der Waals surface area contributed by atoms with E-state index in [1.165, 1.54) is 11.3 Å². The lowest BCUT2D eigenvalue weighted by Crippen LogP contribution is -2.41. The second kappa shape index (κ2) is 7.73. The second-order valence-electron chi connectivity index (χ2n) is 9.29. The summed E-state index contributed by atoms with van der Waals surface area (Å²) in [5.41, 5.74) is 6.72. The van der Waals surface area contributed by atoms with Gasteiger partial charge >= 0.3 is 0 Å². The summed E-state index contributed by atoms with van der Waals surface area (Å²) in [5.74, 6) is 1.75. The highest BCUT2D eigenvalue weighted by atomic mass is 35.5. The monoisotopic (exact) mass is 459 g/mol. The van der Waals surface area contributed by atoms with Gasteiger partial charge in [-0.3, -0.25) is 4.98 Å². The zero-order valence-corrected chi connectivity index (χ0v) is 19.6. The van der Waals surface area contributed by atoms with Crippen molar-refractivity contribution in [2.45, 2.75) is 32.6 Å². The Morgan fingerprint density at radius 1 is 1.06 bits per heavy atom. The second-order valence-corrected chi connectivity index (χ2v) is 9.70. The Morgan fingerprint density at radius 3 is 2.70 bits per heavy atom. The van der Waals surface area contributed by atoms with E-state index in [0.29, 0.717) is 10.4 Å². The number of nitrogens with zero attached hydrogens (tertiary/aromatic N) is 5. The topological polar surface area (TPSA) is 55.5 Å². The van der Waals surface area contributed by atoms with Crippen LogP contribution in [0.4, 0.5) is 5.82 Å². The van der Waals surface area contributed by atoms with Crippen molar-refractivity contribution in [1.29, 1.82) is 0 Å². The Kier molecular flexibility index (Phi) is 4.80.